The number of allylic oxidation sites excluding steroid dienone is 1. The maximum absolute atomic E-state index is 15.5. The molecule has 1 aliphatic rings. The SMILES string of the molecule is COC(=O)C1=C(C(=O)OC)N(c2ccc(F)c(NC(C)=O)c2F)C(N)=C(C#N)C1c1ccccc1. The quantitative estimate of drug-likeness (QED) is 0.622. The Balaban J connectivity index is 2.44. The maximum Gasteiger partial charge on any atom is 0.355 e. The fourth-order valence-electron chi connectivity index (χ4n) is 3.77. The standard InChI is InChI=1S/C24H20F2N4O5/c1-12(31)29-20-15(25)9-10-16(19(20)26)30-21(24(33)35-3)18(23(32)34-2)17(14(11-27)22(30)28)13-7-5-4-6-8-13/h4-10,17H,28H2,1-3H3,(H,29,31). The number of esters is 2. The highest BCUT2D eigenvalue weighted by molar-refractivity contribution is 6.06. The number of anilines is 2. The first-order chi connectivity index (χ1) is 16.7. The molecule has 0 aromatic heterocycles. The van der Waals surface area contributed by atoms with E-state index >= 15 is 4.39 Å². The van der Waals surface area contributed by atoms with Crippen molar-refractivity contribution in [2.24, 2.45) is 5.73 Å². The number of nitriles is 1. The van der Waals surface area contributed by atoms with Crippen molar-refractivity contribution in [3.8, 4) is 6.07 Å². The van der Waals surface area contributed by atoms with Crippen LogP contribution in [-0.2, 0) is 23.9 Å². The lowest BCUT2D eigenvalue weighted by Gasteiger charge is -2.36. The average Bonchev–Trinajstić information content (AvgIpc) is 2.85. The van der Waals surface area contributed by atoms with E-state index in [2.05, 4.69) is 0 Å². The smallest absolute Gasteiger partial charge is 0.355 e. The molecule has 0 spiro atoms. The molecular weight excluding hydrogens is 462 g/mol. The average molecular weight is 482 g/mol. The normalized spacial score (nSPS) is 15.4. The van der Waals surface area contributed by atoms with Crippen LogP contribution in [0.5, 0.6) is 0 Å². The van der Waals surface area contributed by atoms with Crippen LogP contribution in [0.1, 0.15) is 18.4 Å². The third-order valence-corrected chi connectivity index (χ3v) is 5.22. The van der Waals surface area contributed by atoms with E-state index in [0.717, 1.165) is 38.2 Å². The Morgan fingerprint density at radius 3 is 2.23 bits per heavy atom. The lowest BCUT2D eigenvalue weighted by Crippen LogP contribution is -2.41. The molecule has 0 saturated heterocycles. The number of ether oxygens (including phenoxy) is 2. The van der Waals surface area contributed by atoms with Gasteiger partial charge < -0.3 is 20.5 Å². The Kier molecular flexibility index (Phi) is 7.15. The third-order valence-electron chi connectivity index (χ3n) is 5.22. The van der Waals surface area contributed by atoms with Crippen LogP contribution in [0.25, 0.3) is 0 Å². The van der Waals surface area contributed by atoms with Gasteiger partial charge in [0.15, 0.2) is 5.82 Å². The Bertz CT molecular complexity index is 1320. The first-order valence-electron chi connectivity index (χ1n) is 10.1. The Labute approximate surface area is 199 Å². The number of hydrogen-bond donors (Lipinski definition) is 2. The van der Waals surface area contributed by atoms with Crippen molar-refractivity contribution < 1.29 is 32.6 Å². The number of nitrogens with two attached hydrogens (primary N) is 1. The van der Waals surface area contributed by atoms with Crippen LogP contribution in [0.4, 0.5) is 20.2 Å². The van der Waals surface area contributed by atoms with E-state index in [1.165, 1.54) is 0 Å². The number of rotatable bonds is 5. The second-order valence-electron chi connectivity index (χ2n) is 7.27. The van der Waals surface area contributed by atoms with Crippen molar-refractivity contribution in [3.05, 3.63) is 82.3 Å². The van der Waals surface area contributed by atoms with E-state index in [1.807, 2.05) is 11.4 Å². The molecule has 1 atom stereocenters. The van der Waals surface area contributed by atoms with E-state index in [0.29, 0.717) is 5.56 Å². The minimum atomic E-state index is -1.30. The van der Waals surface area contributed by atoms with Gasteiger partial charge in [-0.25, -0.2) is 18.4 Å². The van der Waals surface area contributed by atoms with Gasteiger partial charge in [0.25, 0.3) is 0 Å². The van der Waals surface area contributed by atoms with E-state index in [1.54, 1.807) is 30.3 Å². The molecule has 0 radical (unpaired) electrons. The van der Waals surface area contributed by atoms with Crippen LogP contribution in [0.3, 0.4) is 0 Å². The summed E-state index contributed by atoms with van der Waals surface area (Å²) in [4.78, 5) is 38.2. The van der Waals surface area contributed by atoms with E-state index in [-0.39, 0.29) is 11.1 Å². The molecule has 1 heterocycles. The lowest BCUT2D eigenvalue weighted by atomic mass is 9.81. The van der Waals surface area contributed by atoms with Gasteiger partial charge in [0.2, 0.25) is 5.91 Å². The molecule has 1 amide bonds. The number of carbonyl (C=O) groups is 3. The molecule has 0 aliphatic carbocycles. The Hall–Kier alpha value is -4.72. The van der Waals surface area contributed by atoms with Crippen molar-refractivity contribution >= 4 is 29.2 Å². The zero-order valence-electron chi connectivity index (χ0n) is 18.9. The number of carbonyl (C=O) groups excluding carboxylic acids is 3. The summed E-state index contributed by atoms with van der Waals surface area (Å²) in [5.74, 6) is -6.83. The molecular formula is C24H20F2N4O5. The second kappa shape index (κ2) is 10.0. The highest BCUT2D eigenvalue weighted by Gasteiger charge is 2.43. The maximum atomic E-state index is 15.5. The molecule has 35 heavy (non-hydrogen) atoms. The summed E-state index contributed by atoms with van der Waals surface area (Å²) in [7, 11) is 2.10. The number of methoxy groups -OCH3 is 2. The summed E-state index contributed by atoms with van der Waals surface area (Å²) >= 11 is 0. The van der Waals surface area contributed by atoms with Crippen molar-refractivity contribution in [1.82, 2.24) is 0 Å². The minimum absolute atomic E-state index is 0.200. The predicted molar refractivity (Wildman–Crippen MR) is 120 cm³/mol. The number of nitrogens with one attached hydrogen (secondary N) is 1. The summed E-state index contributed by atoms with van der Waals surface area (Å²) in [5.41, 5.74) is 4.29. The second-order valence-corrected chi connectivity index (χ2v) is 7.27. The van der Waals surface area contributed by atoms with Gasteiger partial charge in [0.05, 0.1) is 43.0 Å². The zero-order chi connectivity index (χ0) is 25.9. The van der Waals surface area contributed by atoms with E-state index < -0.39 is 58.3 Å². The van der Waals surface area contributed by atoms with Crippen LogP contribution < -0.4 is 16.0 Å². The Morgan fingerprint density at radius 2 is 1.69 bits per heavy atom. The molecule has 3 rings (SSSR count). The van der Waals surface area contributed by atoms with Crippen LogP contribution in [0.15, 0.2) is 65.1 Å². The number of halogens is 2. The van der Waals surface area contributed by atoms with Gasteiger partial charge in [-0.3, -0.25) is 9.69 Å². The lowest BCUT2D eigenvalue weighted by molar-refractivity contribution is -0.139. The molecule has 0 bridgehead atoms. The van der Waals surface area contributed by atoms with Crippen molar-refractivity contribution in [1.29, 1.82) is 5.26 Å². The molecule has 0 saturated carbocycles. The van der Waals surface area contributed by atoms with Crippen LogP contribution in [-0.4, -0.2) is 32.1 Å². The van der Waals surface area contributed by atoms with Crippen molar-refractivity contribution in [3.63, 3.8) is 0 Å². The van der Waals surface area contributed by atoms with E-state index in [4.69, 9.17) is 15.2 Å². The molecule has 3 N–H and O–H groups in total. The summed E-state index contributed by atoms with van der Waals surface area (Å²) in [6, 6.07) is 11.9. The number of nitrogens with zero attached hydrogens (tertiary/aromatic N) is 2. The van der Waals surface area contributed by atoms with Gasteiger partial charge in [-0.2, -0.15) is 5.26 Å². The summed E-state index contributed by atoms with van der Waals surface area (Å²) in [6.45, 7) is 1.05. The van der Waals surface area contributed by atoms with Crippen LogP contribution >= 0.6 is 0 Å². The fourth-order valence-corrected chi connectivity index (χ4v) is 3.77. The van der Waals surface area contributed by atoms with Crippen LogP contribution in [0.2, 0.25) is 0 Å². The van der Waals surface area contributed by atoms with Gasteiger partial charge in [-0.05, 0) is 17.7 Å². The predicted octanol–water partition coefficient (Wildman–Crippen LogP) is 2.82. The van der Waals surface area contributed by atoms with Gasteiger partial charge in [-0.15, -0.1) is 0 Å². The number of hydrogen-bond acceptors (Lipinski definition) is 8. The highest BCUT2D eigenvalue weighted by Crippen LogP contribution is 2.44. The minimum Gasteiger partial charge on any atom is -0.466 e. The Morgan fingerprint density at radius 1 is 1.06 bits per heavy atom. The van der Waals surface area contributed by atoms with Gasteiger partial charge in [0, 0.05) is 6.92 Å². The summed E-state index contributed by atoms with van der Waals surface area (Å²) in [6.07, 6.45) is 0. The van der Waals surface area contributed by atoms with Crippen LogP contribution in [0, 0.1) is 23.0 Å². The molecule has 2 aromatic carbocycles. The third kappa shape index (κ3) is 4.41. The van der Waals surface area contributed by atoms with Crippen molar-refractivity contribution in [2.75, 3.05) is 24.4 Å². The first-order valence-corrected chi connectivity index (χ1v) is 10.1. The van der Waals surface area contributed by atoms with Gasteiger partial charge >= 0.3 is 11.9 Å². The largest absolute Gasteiger partial charge is 0.466 e. The number of benzene rings is 2. The zero-order valence-corrected chi connectivity index (χ0v) is 18.9. The topological polar surface area (TPSA) is 135 Å². The molecule has 9 nitrogen and oxygen atoms in total. The van der Waals surface area contributed by atoms with Gasteiger partial charge in [0.1, 0.15) is 23.0 Å². The molecule has 1 unspecified atom stereocenters. The molecule has 0 fully saturated rings. The molecule has 180 valence electrons. The first kappa shape index (κ1) is 24.9. The fraction of sp³-hybridized carbons (Fsp3) is 0.167. The molecule has 11 heteroatoms. The van der Waals surface area contributed by atoms with Crippen molar-refractivity contribution in [2.45, 2.75) is 12.8 Å². The number of amides is 1. The summed E-state index contributed by atoms with van der Waals surface area (Å²) in [5, 5.41) is 12.0. The highest BCUT2D eigenvalue weighted by atomic mass is 19.1. The van der Waals surface area contributed by atoms with Gasteiger partial charge in [-0.1, -0.05) is 30.3 Å². The monoisotopic (exact) mass is 482 g/mol. The molecule has 1 aliphatic heterocycles. The molecule has 2 aromatic rings. The van der Waals surface area contributed by atoms with E-state index in [9.17, 15) is 24.0 Å². The summed E-state index contributed by atoms with van der Waals surface area (Å²) < 4.78 is 39.6.